The number of carbonyl (C=O) groups is 2. The van der Waals surface area contributed by atoms with Crippen LogP contribution in [-0.2, 0) is 9.59 Å². The van der Waals surface area contributed by atoms with Gasteiger partial charge in [0.2, 0.25) is 0 Å². The summed E-state index contributed by atoms with van der Waals surface area (Å²) in [6.45, 7) is 21.2. The molecule has 198 valence electrons. The van der Waals surface area contributed by atoms with Gasteiger partial charge in [-0.05, 0) is 74.0 Å². The Bertz CT molecular complexity index is 919. The predicted octanol–water partition coefficient (Wildman–Crippen LogP) is 6.13. The van der Waals surface area contributed by atoms with E-state index in [2.05, 4.69) is 48.1 Å². The van der Waals surface area contributed by atoms with Gasteiger partial charge in [0.25, 0.3) is 0 Å². The van der Waals surface area contributed by atoms with Crippen LogP contribution in [0.5, 0.6) is 0 Å². The molecule has 0 spiro atoms. The van der Waals surface area contributed by atoms with Crippen LogP contribution in [0.1, 0.15) is 107 Å². The lowest BCUT2D eigenvalue weighted by atomic mass is 9.53. The highest BCUT2D eigenvalue weighted by molar-refractivity contribution is 5.91. The summed E-state index contributed by atoms with van der Waals surface area (Å²) in [7, 11) is 0. The molecular formula is C31H50O4. The number of rotatable bonds is 5. The topological polar surface area (TPSA) is 74.6 Å². The third-order valence-corrected chi connectivity index (χ3v) is 12.7. The Balaban J connectivity index is 1.68. The summed E-state index contributed by atoms with van der Waals surface area (Å²) in [6, 6.07) is 0. The molecule has 4 fully saturated rings. The first kappa shape index (κ1) is 27.0. The number of hydrogen-bond donors (Lipinski definition) is 2. The Morgan fingerprint density at radius 2 is 1.63 bits per heavy atom. The molecule has 4 aliphatic carbocycles. The zero-order valence-corrected chi connectivity index (χ0v) is 23.5. The van der Waals surface area contributed by atoms with Crippen molar-refractivity contribution in [2.45, 2.75) is 118 Å². The molecule has 4 rings (SSSR count). The Morgan fingerprint density at radius 3 is 2.23 bits per heavy atom. The number of hydrogen-bond acceptors (Lipinski definition) is 4. The van der Waals surface area contributed by atoms with Crippen LogP contribution in [-0.4, -0.2) is 33.5 Å². The summed E-state index contributed by atoms with van der Waals surface area (Å²) in [5, 5.41) is 23.6. The second kappa shape index (κ2) is 8.25. The van der Waals surface area contributed by atoms with Crippen LogP contribution in [0.2, 0.25) is 0 Å². The van der Waals surface area contributed by atoms with Gasteiger partial charge >= 0.3 is 0 Å². The van der Waals surface area contributed by atoms with Crippen LogP contribution in [0.3, 0.4) is 0 Å². The second-order valence-corrected chi connectivity index (χ2v) is 14.5. The van der Waals surface area contributed by atoms with Gasteiger partial charge in [-0.25, -0.2) is 0 Å². The summed E-state index contributed by atoms with van der Waals surface area (Å²) in [5.41, 5.74) is -1.71. The minimum Gasteiger partial charge on any atom is -0.393 e. The first-order valence-corrected chi connectivity index (χ1v) is 14.1. The minimum atomic E-state index is -1.07. The Morgan fingerprint density at radius 1 is 1.00 bits per heavy atom. The summed E-state index contributed by atoms with van der Waals surface area (Å²) in [6.07, 6.45) is 5.04. The average molecular weight is 487 g/mol. The number of Topliss-reactive ketones (excluding diaryl/α,β-unsaturated/α-hetero) is 2. The van der Waals surface area contributed by atoms with Crippen molar-refractivity contribution < 1.29 is 19.8 Å². The van der Waals surface area contributed by atoms with Crippen molar-refractivity contribution in [3.63, 3.8) is 0 Å². The van der Waals surface area contributed by atoms with E-state index in [1.807, 2.05) is 13.8 Å². The lowest BCUT2D eigenvalue weighted by Crippen LogP contribution is -2.55. The fourth-order valence-electron chi connectivity index (χ4n) is 9.51. The molecule has 4 heteroatoms. The molecule has 2 N–H and O–H groups in total. The lowest BCUT2D eigenvalue weighted by molar-refractivity contribution is -0.159. The van der Waals surface area contributed by atoms with Crippen LogP contribution in [0.15, 0.2) is 12.2 Å². The van der Waals surface area contributed by atoms with E-state index < -0.39 is 33.9 Å². The predicted molar refractivity (Wildman–Crippen MR) is 140 cm³/mol. The SMILES string of the molecule is C=C(C[C@@H](O)[C@@H](C)[C@H]1CC[C@@]2(C)C(=O)[C@H]3C[C@H]4C(C)(C)C(=O)CC[C@]4(C)[C@@]3(O)CC[C@]12C)C(C)C. The van der Waals surface area contributed by atoms with Crippen molar-refractivity contribution >= 4 is 11.6 Å². The van der Waals surface area contributed by atoms with Crippen molar-refractivity contribution in [3.05, 3.63) is 12.2 Å². The second-order valence-electron chi connectivity index (χ2n) is 14.5. The highest BCUT2D eigenvalue weighted by Crippen LogP contribution is 2.72. The van der Waals surface area contributed by atoms with E-state index in [1.54, 1.807) is 0 Å². The molecule has 35 heavy (non-hydrogen) atoms. The molecule has 0 radical (unpaired) electrons. The largest absolute Gasteiger partial charge is 0.393 e. The number of fused-ring (bicyclic) bond motifs is 4. The van der Waals surface area contributed by atoms with E-state index in [0.717, 1.165) is 24.8 Å². The number of ketones is 2. The normalized spacial score (nSPS) is 46.5. The number of aliphatic hydroxyl groups excluding tert-OH is 1. The third-order valence-electron chi connectivity index (χ3n) is 12.7. The lowest BCUT2D eigenvalue weighted by Gasteiger charge is -2.52. The van der Waals surface area contributed by atoms with Crippen molar-refractivity contribution in [1.82, 2.24) is 0 Å². The smallest absolute Gasteiger partial charge is 0.145 e. The van der Waals surface area contributed by atoms with Gasteiger partial charge in [-0.2, -0.15) is 0 Å². The highest BCUT2D eigenvalue weighted by Gasteiger charge is 2.73. The molecule has 0 aromatic rings. The monoisotopic (exact) mass is 486 g/mol. The zero-order valence-electron chi connectivity index (χ0n) is 23.5. The molecule has 0 aromatic carbocycles. The molecule has 0 aliphatic heterocycles. The fraction of sp³-hybridized carbons (Fsp3) is 0.871. The molecular weight excluding hydrogens is 436 g/mol. The van der Waals surface area contributed by atoms with E-state index in [1.165, 1.54) is 0 Å². The van der Waals surface area contributed by atoms with Gasteiger partial charge in [-0.1, -0.05) is 67.5 Å². The van der Waals surface area contributed by atoms with Crippen LogP contribution in [0.4, 0.5) is 0 Å². The van der Waals surface area contributed by atoms with E-state index in [4.69, 9.17) is 0 Å². The fourth-order valence-corrected chi connectivity index (χ4v) is 9.51. The maximum atomic E-state index is 14.5. The molecule has 4 nitrogen and oxygen atoms in total. The van der Waals surface area contributed by atoms with E-state index in [9.17, 15) is 19.8 Å². The Labute approximate surface area is 213 Å². The van der Waals surface area contributed by atoms with Gasteiger partial charge in [0.1, 0.15) is 11.6 Å². The molecule has 0 heterocycles. The van der Waals surface area contributed by atoms with E-state index in [0.29, 0.717) is 38.0 Å². The van der Waals surface area contributed by atoms with Gasteiger partial charge in [-0.3, -0.25) is 9.59 Å². The standard InChI is InChI=1S/C31H50O4/c1-18(2)19(3)16-23(32)20(4)21-10-12-30(9)26(34)22-17-24-27(5,6)25(33)11-13-29(24,8)31(22,35)15-14-28(21,30)7/h18,20-24,32,35H,3,10-17H2,1-2,4-9H3/t20-,21+,22+,23+,24-,28+,29-,30-,31+/m0/s1. The molecule has 9 atom stereocenters. The Kier molecular flexibility index (Phi) is 6.38. The molecule has 0 aromatic heterocycles. The minimum absolute atomic E-state index is 0.0307. The Hall–Kier alpha value is -1.00. The third kappa shape index (κ3) is 3.44. The van der Waals surface area contributed by atoms with Gasteiger partial charge in [0.15, 0.2) is 0 Å². The summed E-state index contributed by atoms with van der Waals surface area (Å²) >= 11 is 0. The van der Waals surface area contributed by atoms with Crippen molar-refractivity contribution in [2.75, 3.05) is 0 Å². The van der Waals surface area contributed by atoms with Crippen LogP contribution in [0, 0.1) is 51.2 Å². The van der Waals surface area contributed by atoms with Crippen LogP contribution in [0.25, 0.3) is 0 Å². The zero-order chi connectivity index (χ0) is 26.4. The van der Waals surface area contributed by atoms with Crippen molar-refractivity contribution in [3.8, 4) is 0 Å². The molecule has 0 amide bonds. The van der Waals surface area contributed by atoms with Crippen molar-refractivity contribution in [2.24, 2.45) is 51.2 Å². The van der Waals surface area contributed by atoms with Gasteiger partial charge in [0.05, 0.1) is 11.7 Å². The number of aliphatic hydroxyl groups is 2. The van der Waals surface area contributed by atoms with Crippen LogP contribution >= 0.6 is 0 Å². The van der Waals surface area contributed by atoms with E-state index in [-0.39, 0.29) is 34.7 Å². The van der Waals surface area contributed by atoms with Gasteiger partial charge in [0, 0.05) is 28.6 Å². The molecule has 0 bridgehead atoms. The summed E-state index contributed by atoms with van der Waals surface area (Å²) in [5.74, 6) is 0.742. The summed E-state index contributed by atoms with van der Waals surface area (Å²) < 4.78 is 0. The van der Waals surface area contributed by atoms with E-state index >= 15 is 0 Å². The first-order valence-electron chi connectivity index (χ1n) is 14.1. The average Bonchev–Trinajstić information content (AvgIpc) is 3.16. The summed E-state index contributed by atoms with van der Waals surface area (Å²) in [4.78, 5) is 27.4. The highest BCUT2D eigenvalue weighted by atomic mass is 16.3. The van der Waals surface area contributed by atoms with Gasteiger partial charge in [-0.15, -0.1) is 0 Å². The van der Waals surface area contributed by atoms with Gasteiger partial charge < -0.3 is 10.2 Å². The first-order chi connectivity index (χ1) is 16.0. The maximum Gasteiger partial charge on any atom is 0.145 e. The van der Waals surface area contributed by atoms with Crippen LogP contribution < -0.4 is 0 Å². The number of carbonyl (C=O) groups excluding carboxylic acids is 2. The molecule has 0 saturated heterocycles. The maximum absolute atomic E-state index is 14.5. The molecule has 0 unspecified atom stereocenters. The molecule has 4 saturated carbocycles. The van der Waals surface area contributed by atoms with Crippen molar-refractivity contribution in [1.29, 1.82) is 0 Å². The molecule has 4 aliphatic rings. The quantitative estimate of drug-likeness (QED) is 0.458.